The lowest BCUT2D eigenvalue weighted by Gasteiger charge is -2.03. The molecule has 0 aliphatic carbocycles. The molecule has 2 aromatic rings. The summed E-state index contributed by atoms with van der Waals surface area (Å²) in [4.78, 5) is 0. The van der Waals surface area contributed by atoms with E-state index in [0.29, 0.717) is 18.9 Å². The summed E-state index contributed by atoms with van der Waals surface area (Å²) in [5, 5.41) is 4.20. The molecule has 2 N–H and O–H groups in total. The number of aromatic nitrogens is 2. The molecule has 0 atom stereocenters. The molecule has 5 nitrogen and oxygen atoms in total. The van der Waals surface area contributed by atoms with E-state index in [4.69, 9.17) is 15.2 Å². The minimum atomic E-state index is 0.494. The second kappa shape index (κ2) is 5.36. The van der Waals surface area contributed by atoms with Crippen molar-refractivity contribution in [3.63, 3.8) is 0 Å². The number of hydrogen-bond donors (Lipinski definition) is 1. The molecule has 1 aromatic carbocycles. The maximum atomic E-state index is 5.37. The average molecular weight is 233 g/mol. The standard InChI is InChI=1S/C12H15N3O2/c1-16-11-4-2-10(3-5-11)15-9-12(8-14-15)17-7-6-13/h2-5,8-9H,6-7,13H2,1H3. The highest BCUT2D eigenvalue weighted by Crippen LogP contribution is 2.16. The van der Waals surface area contributed by atoms with Crippen molar-refractivity contribution in [2.45, 2.75) is 0 Å². The Kier molecular flexibility index (Phi) is 3.62. The van der Waals surface area contributed by atoms with Crippen molar-refractivity contribution in [2.75, 3.05) is 20.3 Å². The molecular weight excluding hydrogens is 218 g/mol. The fourth-order valence-corrected chi connectivity index (χ4v) is 1.43. The van der Waals surface area contributed by atoms with Crippen LogP contribution in [0.25, 0.3) is 5.69 Å². The van der Waals surface area contributed by atoms with Crippen molar-refractivity contribution in [1.82, 2.24) is 9.78 Å². The second-order valence-corrected chi connectivity index (χ2v) is 3.46. The quantitative estimate of drug-likeness (QED) is 0.843. The first-order chi connectivity index (χ1) is 8.33. The Bertz CT molecular complexity index is 465. The van der Waals surface area contributed by atoms with E-state index in [1.54, 1.807) is 18.0 Å². The Balaban J connectivity index is 2.12. The van der Waals surface area contributed by atoms with Gasteiger partial charge in [0.2, 0.25) is 0 Å². The van der Waals surface area contributed by atoms with Gasteiger partial charge in [-0.25, -0.2) is 4.68 Å². The summed E-state index contributed by atoms with van der Waals surface area (Å²) in [6.45, 7) is 0.988. The topological polar surface area (TPSA) is 62.3 Å². The summed E-state index contributed by atoms with van der Waals surface area (Å²) in [7, 11) is 1.64. The van der Waals surface area contributed by atoms with Crippen molar-refractivity contribution in [3.8, 4) is 17.2 Å². The first kappa shape index (κ1) is 11.5. The smallest absolute Gasteiger partial charge is 0.157 e. The van der Waals surface area contributed by atoms with Gasteiger partial charge in [0.05, 0.1) is 25.2 Å². The Morgan fingerprint density at radius 3 is 2.65 bits per heavy atom. The zero-order valence-electron chi connectivity index (χ0n) is 9.67. The fourth-order valence-electron chi connectivity index (χ4n) is 1.43. The SMILES string of the molecule is COc1ccc(-n2cc(OCCN)cn2)cc1. The summed E-state index contributed by atoms with van der Waals surface area (Å²) < 4.78 is 12.2. The summed E-state index contributed by atoms with van der Waals surface area (Å²) in [5.74, 6) is 1.53. The van der Waals surface area contributed by atoms with Gasteiger partial charge in [0.1, 0.15) is 12.4 Å². The molecule has 0 aliphatic heterocycles. The number of hydrogen-bond acceptors (Lipinski definition) is 4. The predicted octanol–water partition coefficient (Wildman–Crippen LogP) is 1.22. The van der Waals surface area contributed by atoms with Crippen LogP contribution in [-0.2, 0) is 0 Å². The van der Waals surface area contributed by atoms with Crippen LogP contribution in [0.15, 0.2) is 36.7 Å². The zero-order chi connectivity index (χ0) is 12.1. The molecule has 0 fully saturated rings. The van der Waals surface area contributed by atoms with Gasteiger partial charge >= 0.3 is 0 Å². The number of methoxy groups -OCH3 is 1. The summed E-state index contributed by atoms with van der Waals surface area (Å²) in [5.41, 5.74) is 6.31. The van der Waals surface area contributed by atoms with E-state index >= 15 is 0 Å². The molecule has 2 rings (SSSR count). The van der Waals surface area contributed by atoms with E-state index in [1.165, 1.54) is 0 Å². The van der Waals surface area contributed by atoms with Crippen molar-refractivity contribution < 1.29 is 9.47 Å². The Labute approximate surface area is 99.8 Å². The summed E-state index contributed by atoms with van der Waals surface area (Å²) >= 11 is 0. The Hall–Kier alpha value is -2.01. The molecule has 0 radical (unpaired) electrons. The van der Waals surface area contributed by atoms with Crippen LogP contribution in [0.2, 0.25) is 0 Å². The molecule has 0 saturated carbocycles. The number of ether oxygens (including phenoxy) is 2. The van der Waals surface area contributed by atoms with Gasteiger partial charge < -0.3 is 15.2 Å². The van der Waals surface area contributed by atoms with E-state index in [-0.39, 0.29) is 0 Å². The molecule has 0 spiro atoms. The van der Waals surface area contributed by atoms with Gasteiger partial charge in [0.25, 0.3) is 0 Å². The normalized spacial score (nSPS) is 10.2. The third-order valence-electron chi connectivity index (χ3n) is 2.28. The molecule has 0 unspecified atom stereocenters. The van der Waals surface area contributed by atoms with Gasteiger partial charge in [0, 0.05) is 6.54 Å². The average Bonchev–Trinajstić information content (AvgIpc) is 2.85. The second-order valence-electron chi connectivity index (χ2n) is 3.46. The molecule has 0 aliphatic rings. The highest BCUT2D eigenvalue weighted by atomic mass is 16.5. The van der Waals surface area contributed by atoms with Gasteiger partial charge in [-0.05, 0) is 24.3 Å². The van der Waals surface area contributed by atoms with Crippen LogP contribution in [-0.4, -0.2) is 30.0 Å². The van der Waals surface area contributed by atoms with E-state index in [1.807, 2.05) is 30.5 Å². The van der Waals surface area contributed by atoms with E-state index in [0.717, 1.165) is 11.4 Å². The molecule has 1 aromatic heterocycles. The van der Waals surface area contributed by atoms with Crippen LogP contribution >= 0.6 is 0 Å². The number of nitrogens with zero attached hydrogens (tertiary/aromatic N) is 2. The largest absolute Gasteiger partial charge is 0.497 e. The van der Waals surface area contributed by atoms with E-state index in [2.05, 4.69) is 5.10 Å². The highest BCUT2D eigenvalue weighted by molar-refractivity contribution is 5.37. The van der Waals surface area contributed by atoms with E-state index in [9.17, 15) is 0 Å². The maximum absolute atomic E-state index is 5.37. The fraction of sp³-hybridized carbons (Fsp3) is 0.250. The minimum Gasteiger partial charge on any atom is -0.497 e. The first-order valence-electron chi connectivity index (χ1n) is 5.35. The van der Waals surface area contributed by atoms with Crippen LogP contribution in [0.3, 0.4) is 0 Å². The van der Waals surface area contributed by atoms with Crippen molar-refractivity contribution in [2.24, 2.45) is 5.73 Å². The molecule has 0 amide bonds. The molecule has 1 heterocycles. The van der Waals surface area contributed by atoms with Gasteiger partial charge in [-0.3, -0.25) is 0 Å². The minimum absolute atomic E-state index is 0.494. The van der Waals surface area contributed by atoms with Crippen LogP contribution in [0.5, 0.6) is 11.5 Å². The Morgan fingerprint density at radius 2 is 2.00 bits per heavy atom. The van der Waals surface area contributed by atoms with Crippen molar-refractivity contribution in [1.29, 1.82) is 0 Å². The number of benzene rings is 1. The van der Waals surface area contributed by atoms with E-state index < -0.39 is 0 Å². The van der Waals surface area contributed by atoms with Gasteiger partial charge in [0.15, 0.2) is 5.75 Å². The van der Waals surface area contributed by atoms with Crippen LogP contribution < -0.4 is 15.2 Å². The first-order valence-corrected chi connectivity index (χ1v) is 5.35. The lowest BCUT2D eigenvalue weighted by molar-refractivity contribution is 0.328. The third-order valence-corrected chi connectivity index (χ3v) is 2.28. The zero-order valence-corrected chi connectivity index (χ0v) is 9.67. The van der Waals surface area contributed by atoms with Gasteiger partial charge in [-0.15, -0.1) is 0 Å². The van der Waals surface area contributed by atoms with Crippen LogP contribution in [0.1, 0.15) is 0 Å². The summed E-state index contributed by atoms with van der Waals surface area (Å²) in [6, 6.07) is 7.63. The maximum Gasteiger partial charge on any atom is 0.157 e. The van der Waals surface area contributed by atoms with Crippen LogP contribution in [0, 0.1) is 0 Å². The predicted molar refractivity (Wildman–Crippen MR) is 64.7 cm³/mol. The van der Waals surface area contributed by atoms with Crippen molar-refractivity contribution >= 4 is 0 Å². The Morgan fingerprint density at radius 1 is 1.24 bits per heavy atom. The monoisotopic (exact) mass is 233 g/mol. The van der Waals surface area contributed by atoms with Crippen LogP contribution in [0.4, 0.5) is 0 Å². The molecular formula is C12H15N3O2. The van der Waals surface area contributed by atoms with Gasteiger partial charge in [-0.2, -0.15) is 5.10 Å². The number of nitrogens with two attached hydrogens (primary N) is 1. The molecule has 5 heteroatoms. The lowest BCUT2D eigenvalue weighted by Crippen LogP contribution is -2.10. The lowest BCUT2D eigenvalue weighted by atomic mass is 10.3. The molecule has 90 valence electrons. The van der Waals surface area contributed by atoms with Gasteiger partial charge in [-0.1, -0.05) is 0 Å². The molecule has 17 heavy (non-hydrogen) atoms. The third kappa shape index (κ3) is 2.76. The molecule has 0 saturated heterocycles. The van der Waals surface area contributed by atoms with Crippen molar-refractivity contribution in [3.05, 3.63) is 36.7 Å². The number of rotatable bonds is 5. The summed E-state index contributed by atoms with van der Waals surface area (Å²) in [6.07, 6.45) is 3.48. The highest BCUT2D eigenvalue weighted by Gasteiger charge is 2.01. The molecule has 0 bridgehead atoms.